The SMILES string of the molecule is CN(CC(O)c1ccccc1)C1CC2CCC1C2. The Morgan fingerprint density at radius 2 is 2.00 bits per heavy atom. The molecule has 0 aliphatic heterocycles. The topological polar surface area (TPSA) is 23.5 Å². The molecule has 2 nitrogen and oxygen atoms in total. The summed E-state index contributed by atoms with van der Waals surface area (Å²) in [6.07, 6.45) is 5.27. The molecule has 2 saturated carbocycles. The van der Waals surface area contributed by atoms with Gasteiger partial charge in [-0.05, 0) is 43.7 Å². The minimum Gasteiger partial charge on any atom is -0.387 e. The van der Waals surface area contributed by atoms with E-state index >= 15 is 0 Å². The molecule has 18 heavy (non-hydrogen) atoms. The second-order valence-electron chi connectivity index (χ2n) is 6.11. The molecule has 2 aliphatic rings. The summed E-state index contributed by atoms with van der Waals surface area (Å²) < 4.78 is 0. The van der Waals surface area contributed by atoms with E-state index in [9.17, 15) is 5.11 Å². The third-order valence-corrected chi connectivity index (χ3v) is 4.91. The summed E-state index contributed by atoms with van der Waals surface area (Å²) in [5.74, 6) is 1.86. The van der Waals surface area contributed by atoms with Gasteiger partial charge < -0.3 is 10.0 Å². The van der Waals surface area contributed by atoms with E-state index in [2.05, 4.69) is 11.9 Å². The van der Waals surface area contributed by atoms with E-state index in [1.807, 2.05) is 30.3 Å². The zero-order valence-corrected chi connectivity index (χ0v) is 11.1. The van der Waals surface area contributed by atoms with Gasteiger partial charge in [0.15, 0.2) is 0 Å². The molecular weight excluding hydrogens is 222 g/mol. The number of likely N-dealkylation sites (N-methyl/N-ethyl adjacent to an activating group) is 1. The van der Waals surface area contributed by atoms with Crippen molar-refractivity contribution >= 4 is 0 Å². The van der Waals surface area contributed by atoms with E-state index in [4.69, 9.17) is 0 Å². The van der Waals surface area contributed by atoms with Crippen LogP contribution in [0.15, 0.2) is 30.3 Å². The van der Waals surface area contributed by atoms with Gasteiger partial charge in [0, 0.05) is 12.6 Å². The van der Waals surface area contributed by atoms with Crippen molar-refractivity contribution in [2.75, 3.05) is 13.6 Å². The van der Waals surface area contributed by atoms with Crippen molar-refractivity contribution in [3.8, 4) is 0 Å². The van der Waals surface area contributed by atoms with Crippen LogP contribution in [0, 0.1) is 11.8 Å². The molecule has 0 saturated heterocycles. The summed E-state index contributed by atoms with van der Waals surface area (Å²) >= 11 is 0. The molecule has 0 heterocycles. The Morgan fingerprint density at radius 1 is 1.22 bits per heavy atom. The largest absolute Gasteiger partial charge is 0.387 e. The Labute approximate surface area is 110 Å². The monoisotopic (exact) mass is 245 g/mol. The number of hydrogen-bond acceptors (Lipinski definition) is 2. The molecule has 1 aromatic carbocycles. The van der Waals surface area contributed by atoms with Crippen LogP contribution in [-0.4, -0.2) is 29.6 Å². The molecule has 0 amide bonds. The van der Waals surface area contributed by atoms with Crippen LogP contribution in [0.4, 0.5) is 0 Å². The second-order valence-corrected chi connectivity index (χ2v) is 6.11. The van der Waals surface area contributed by atoms with Crippen molar-refractivity contribution in [3.05, 3.63) is 35.9 Å². The molecule has 4 unspecified atom stereocenters. The fraction of sp³-hybridized carbons (Fsp3) is 0.625. The lowest BCUT2D eigenvalue weighted by Gasteiger charge is -2.32. The molecule has 3 rings (SSSR count). The first-order chi connectivity index (χ1) is 8.74. The van der Waals surface area contributed by atoms with E-state index in [1.54, 1.807) is 0 Å². The lowest BCUT2D eigenvalue weighted by Crippen LogP contribution is -2.38. The number of rotatable bonds is 4. The minimum absolute atomic E-state index is 0.352. The number of nitrogens with zero attached hydrogens (tertiary/aromatic N) is 1. The van der Waals surface area contributed by atoms with Gasteiger partial charge in [0.05, 0.1) is 6.10 Å². The highest BCUT2D eigenvalue weighted by molar-refractivity contribution is 5.17. The maximum absolute atomic E-state index is 10.3. The molecule has 98 valence electrons. The number of benzene rings is 1. The van der Waals surface area contributed by atoms with Crippen molar-refractivity contribution in [1.82, 2.24) is 4.90 Å². The lowest BCUT2D eigenvalue weighted by atomic mass is 9.94. The summed E-state index contributed by atoms with van der Waals surface area (Å²) in [5, 5.41) is 10.3. The summed E-state index contributed by atoms with van der Waals surface area (Å²) in [6, 6.07) is 10.7. The van der Waals surface area contributed by atoms with Crippen LogP contribution < -0.4 is 0 Å². The van der Waals surface area contributed by atoms with Gasteiger partial charge >= 0.3 is 0 Å². The molecule has 2 aliphatic carbocycles. The van der Waals surface area contributed by atoms with Crippen LogP contribution in [0.25, 0.3) is 0 Å². The van der Waals surface area contributed by atoms with Crippen LogP contribution in [0.2, 0.25) is 0 Å². The average molecular weight is 245 g/mol. The van der Waals surface area contributed by atoms with Gasteiger partial charge in [0.1, 0.15) is 0 Å². The first-order valence-electron chi connectivity index (χ1n) is 7.17. The Hall–Kier alpha value is -0.860. The average Bonchev–Trinajstić information content (AvgIpc) is 3.02. The maximum atomic E-state index is 10.3. The molecule has 1 aromatic rings. The number of fused-ring (bicyclic) bond motifs is 2. The summed E-state index contributed by atoms with van der Waals surface area (Å²) in [7, 11) is 2.18. The fourth-order valence-corrected chi connectivity index (χ4v) is 3.94. The summed E-state index contributed by atoms with van der Waals surface area (Å²) in [6.45, 7) is 0.762. The third kappa shape index (κ3) is 2.32. The van der Waals surface area contributed by atoms with Crippen LogP contribution >= 0.6 is 0 Å². The van der Waals surface area contributed by atoms with Crippen molar-refractivity contribution in [2.24, 2.45) is 11.8 Å². The molecule has 2 bridgehead atoms. The molecule has 0 radical (unpaired) electrons. The van der Waals surface area contributed by atoms with Crippen molar-refractivity contribution < 1.29 is 5.11 Å². The van der Waals surface area contributed by atoms with Gasteiger partial charge in [-0.2, -0.15) is 0 Å². The van der Waals surface area contributed by atoms with Crippen LogP contribution in [0.1, 0.15) is 37.4 Å². The number of aliphatic hydroxyl groups excluding tert-OH is 1. The number of aliphatic hydroxyl groups is 1. The highest BCUT2D eigenvalue weighted by Crippen LogP contribution is 2.46. The number of hydrogen-bond donors (Lipinski definition) is 1. The first kappa shape index (κ1) is 12.2. The lowest BCUT2D eigenvalue weighted by molar-refractivity contribution is 0.0853. The Balaban J connectivity index is 1.59. The molecule has 0 aromatic heterocycles. The molecular formula is C16H23NO. The zero-order valence-electron chi connectivity index (χ0n) is 11.1. The van der Waals surface area contributed by atoms with E-state index in [0.717, 1.165) is 23.9 Å². The first-order valence-corrected chi connectivity index (χ1v) is 7.17. The molecule has 2 heteroatoms. The van der Waals surface area contributed by atoms with Crippen molar-refractivity contribution in [1.29, 1.82) is 0 Å². The predicted octanol–water partition coefficient (Wildman–Crippen LogP) is 2.84. The van der Waals surface area contributed by atoms with E-state index < -0.39 is 0 Å². The van der Waals surface area contributed by atoms with Gasteiger partial charge in [-0.15, -0.1) is 0 Å². The smallest absolute Gasteiger partial charge is 0.0916 e. The summed E-state index contributed by atoms with van der Waals surface area (Å²) in [5.41, 5.74) is 1.03. The van der Waals surface area contributed by atoms with E-state index in [1.165, 1.54) is 25.7 Å². The van der Waals surface area contributed by atoms with Crippen LogP contribution in [-0.2, 0) is 0 Å². The fourth-order valence-electron chi connectivity index (χ4n) is 3.94. The molecule has 1 N–H and O–H groups in total. The normalized spacial score (nSPS) is 32.1. The second kappa shape index (κ2) is 5.02. The Bertz CT molecular complexity index is 391. The standard InChI is InChI=1S/C16H23NO/c1-17(15-10-12-7-8-14(15)9-12)11-16(18)13-5-3-2-4-6-13/h2-6,12,14-16,18H,7-11H2,1H3. The summed E-state index contributed by atoms with van der Waals surface area (Å²) in [4.78, 5) is 2.39. The predicted molar refractivity (Wildman–Crippen MR) is 73.3 cm³/mol. The van der Waals surface area contributed by atoms with Crippen LogP contribution in [0.3, 0.4) is 0 Å². The van der Waals surface area contributed by atoms with Gasteiger partial charge in [0.25, 0.3) is 0 Å². The zero-order chi connectivity index (χ0) is 12.5. The van der Waals surface area contributed by atoms with Gasteiger partial charge in [-0.3, -0.25) is 0 Å². The van der Waals surface area contributed by atoms with Gasteiger partial charge in [-0.25, -0.2) is 0 Å². The van der Waals surface area contributed by atoms with Crippen molar-refractivity contribution in [3.63, 3.8) is 0 Å². The Kier molecular flexibility index (Phi) is 3.40. The van der Waals surface area contributed by atoms with E-state index in [-0.39, 0.29) is 6.10 Å². The maximum Gasteiger partial charge on any atom is 0.0916 e. The molecule has 0 spiro atoms. The third-order valence-electron chi connectivity index (χ3n) is 4.91. The molecule has 2 fully saturated rings. The van der Waals surface area contributed by atoms with Crippen LogP contribution in [0.5, 0.6) is 0 Å². The van der Waals surface area contributed by atoms with Gasteiger partial charge in [0.2, 0.25) is 0 Å². The van der Waals surface area contributed by atoms with Crippen molar-refractivity contribution in [2.45, 2.75) is 37.8 Å². The minimum atomic E-state index is -0.352. The van der Waals surface area contributed by atoms with E-state index in [0.29, 0.717) is 6.04 Å². The molecule has 4 atom stereocenters. The Morgan fingerprint density at radius 3 is 2.61 bits per heavy atom. The highest BCUT2D eigenvalue weighted by atomic mass is 16.3. The quantitative estimate of drug-likeness (QED) is 0.881. The van der Waals surface area contributed by atoms with Gasteiger partial charge in [-0.1, -0.05) is 36.8 Å². The highest BCUT2D eigenvalue weighted by Gasteiger charge is 2.41.